The molecule has 1 aromatic carbocycles. The van der Waals surface area contributed by atoms with E-state index >= 15 is 0 Å². The van der Waals surface area contributed by atoms with E-state index in [4.69, 9.17) is 0 Å². The Morgan fingerprint density at radius 2 is 2.24 bits per heavy atom. The van der Waals surface area contributed by atoms with Crippen LogP contribution in [0.3, 0.4) is 0 Å². The van der Waals surface area contributed by atoms with E-state index in [0.717, 1.165) is 22.9 Å². The van der Waals surface area contributed by atoms with E-state index < -0.39 is 0 Å². The highest BCUT2D eigenvalue weighted by Gasteiger charge is 2.31. The van der Waals surface area contributed by atoms with E-state index in [-0.39, 0.29) is 11.8 Å². The van der Waals surface area contributed by atoms with Crippen molar-refractivity contribution in [3.05, 3.63) is 45.9 Å². The molecule has 0 saturated heterocycles. The number of aromatic nitrogens is 1. The van der Waals surface area contributed by atoms with Gasteiger partial charge in [0.1, 0.15) is 0 Å². The van der Waals surface area contributed by atoms with Gasteiger partial charge in [0.25, 0.3) is 0 Å². The van der Waals surface area contributed by atoms with Gasteiger partial charge in [-0.1, -0.05) is 25.1 Å². The number of rotatable bonds is 4. The Morgan fingerprint density at radius 3 is 3.00 bits per heavy atom. The van der Waals surface area contributed by atoms with Crippen LogP contribution in [-0.2, 0) is 17.8 Å². The molecule has 5 heteroatoms. The van der Waals surface area contributed by atoms with Crippen molar-refractivity contribution in [2.75, 3.05) is 12.8 Å². The first-order valence-corrected chi connectivity index (χ1v) is 8.95. The molecule has 1 amide bonds. The summed E-state index contributed by atoms with van der Waals surface area (Å²) in [5.74, 6) is 1.03. The van der Waals surface area contributed by atoms with E-state index in [1.54, 1.807) is 23.1 Å². The topological polar surface area (TPSA) is 33.2 Å². The molecular weight excluding hydrogens is 300 g/mol. The number of hydrogen-bond donors (Lipinski definition) is 0. The van der Waals surface area contributed by atoms with Crippen LogP contribution in [0, 0.1) is 0 Å². The lowest BCUT2D eigenvalue weighted by Crippen LogP contribution is -2.31. The molecule has 0 N–H and O–H groups in total. The maximum atomic E-state index is 12.7. The summed E-state index contributed by atoms with van der Waals surface area (Å²) in [5, 5.41) is 3.19. The van der Waals surface area contributed by atoms with Gasteiger partial charge in [0, 0.05) is 23.1 Å². The normalized spacial score (nSPS) is 16.8. The van der Waals surface area contributed by atoms with Crippen molar-refractivity contribution in [2.24, 2.45) is 0 Å². The first kappa shape index (κ1) is 14.6. The molecule has 1 atom stereocenters. The third-order valence-corrected chi connectivity index (χ3v) is 5.90. The van der Waals surface area contributed by atoms with Gasteiger partial charge in [-0.05, 0) is 18.1 Å². The van der Waals surface area contributed by atoms with Crippen LogP contribution in [0.5, 0.6) is 0 Å². The highest BCUT2D eigenvalue weighted by atomic mass is 32.2. The van der Waals surface area contributed by atoms with Crippen molar-refractivity contribution >= 4 is 29.0 Å². The van der Waals surface area contributed by atoms with Gasteiger partial charge >= 0.3 is 0 Å². The monoisotopic (exact) mass is 318 g/mol. The maximum Gasteiger partial charge on any atom is 0.231 e. The van der Waals surface area contributed by atoms with Gasteiger partial charge in [-0.15, -0.1) is 23.1 Å². The number of carbonyl (C=O) groups is 1. The minimum absolute atomic E-state index is 0.0134. The van der Waals surface area contributed by atoms with Crippen LogP contribution in [-0.4, -0.2) is 28.6 Å². The summed E-state index contributed by atoms with van der Waals surface area (Å²) in [6.45, 7) is 2.70. The van der Waals surface area contributed by atoms with Crippen LogP contribution in [0.4, 0.5) is 0 Å². The molecule has 2 aromatic rings. The second-order valence-corrected chi connectivity index (χ2v) is 7.19. The summed E-state index contributed by atoms with van der Waals surface area (Å²) >= 11 is 3.45. The number of carbonyl (C=O) groups excluding carboxylic acids is 1. The van der Waals surface area contributed by atoms with Crippen LogP contribution in [0.25, 0.3) is 0 Å². The van der Waals surface area contributed by atoms with Crippen LogP contribution in [0.15, 0.2) is 34.5 Å². The molecule has 0 bridgehead atoms. The molecule has 21 heavy (non-hydrogen) atoms. The van der Waals surface area contributed by atoms with Gasteiger partial charge < -0.3 is 4.90 Å². The number of aryl methyl sites for hydroxylation is 1. The second-order valence-electron chi connectivity index (χ2n) is 5.18. The smallest absolute Gasteiger partial charge is 0.231 e. The third kappa shape index (κ3) is 2.99. The van der Waals surface area contributed by atoms with Crippen molar-refractivity contribution in [1.82, 2.24) is 9.88 Å². The Morgan fingerprint density at radius 1 is 1.43 bits per heavy atom. The Labute approximate surface area is 133 Å². The lowest BCUT2D eigenvalue weighted by Gasteiger charge is -2.20. The summed E-state index contributed by atoms with van der Waals surface area (Å²) in [7, 11) is 1.87. The summed E-state index contributed by atoms with van der Waals surface area (Å²) in [5.41, 5.74) is 2.17. The predicted molar refractivity (Wildman–Crippen MR) is 87.9 cm³/mol. The van der Waals surface area contributed by atoms with E-state index in [9.17, 15) is 4.79 Å². The zero-order valence-corrected chi connectivity index (χ0v) is 13.8. The molecule has 2 heterocycles. The van der Waals surface area contributed by atoms with Crippen LogP contribution in [0.1, 0.15) is 29.1 Å². The van der Waals surface area contributed by atoms with Gasteiger partial charge in [0.05, 0.1) is 23.2 Å². The van der Waals surface area contributed by atoms with E-state index in [1.807, 2.05) is 24.1 Å². The first-order valence-electron chi connectivity index (χ1n) is 7.09. The number of amides is 1. The zero-order valence-electron chi connectivity index (χ0n) is 12.2. The lowest BCUT2D eigenvalue weighted by molar-refractivity contribution is -0.131. The molecule has 0 fully saturated rings. The van der Waals surface area contributed by atoms with E-state index in [1.165, 1.54) is 10.5 Å². The number of fused-ring (bicyclic) bond motifs is 1. The summed E-state index contributed by atoms with van der Waals surface area (Å²) in [6.07, 6.45) is 0.953. The molecule has 0 aliphatic carbocycles. The zero-order chi connectivity index (χ0) is 14.8. The molecule has 0 unspecified atom stereocenters. The first-order chi connectivity index (χ1) is 10.2. The molecule has 1 aliphatic heterocycles. The number of benzene rings is 1. The van der Waals surface area contributed by atoms with Gasteiger partial charge in [-0.2, -0.15) is 0 Å². The fraction of sp³-hybridized carbons (Fsp3) is 0.375. The van der Waals surface area contributed by atoms with E-state index in [0.29, 0.717) is 6.54 Å². The van der Waals surface area contributed by atoms with Gasteiger partial charge in [0.2, 0.25) is 5.91 Å². The molecule has 0 radical (unpaired) electrons. The maximum absolute atomic E-state index is 12.7. The molecular formula is C16H18N2OS2. The molecule has 3 nitrogen and oxygen atoms in total. The van der Waals surface area contributed by atoms with Gasteiger partial charge in [-0.3, -0.25) is 4.79 Å². The highest BCUT2D eigenvalue weighted by molar-refractivity contribution is 7.99. The average molecular weight is 318 g/mol. The number of thioether (sulfide) groups is 1. The second kappa shape index (κ2) is 6.20. The molecule has 0 saturated carbocycles. The lowest BCUT2D eigenvalue weighted by atomic mass is 10.00. The highest BCUT2D eigenvalue weighted by Crippen LogP contribution is 2.40. The third-order valence-electron chi connectivity index (χ3n) is 3.68. The largest absolute Gasteiger partial charge is 0.339 e. The Kier molecular flexibility index (Phi) is 4.31. The predicted octanol–water partition coefficient (Wildman–Crippen LogP) is 3.55. The van der Waals surface area contributed by atoms with Crippen molar-refractivity contribution in [2.45, 2.75) is 30.7 Å². The Balaban J connectivity index is 1.71. The molecule has 3 rings (SSSR count). The summed E-state index contributed by atoms with van der Waals surface area (Å²) in [6, 6.07) is 8.22. The molecule has 110 valence electrons. The van der Waals surface area contributed by atoms with Gasteiger partial charge in [-0.25, -0.2) is 4.98 Å². The number of likely N-dealkylation sites (N-methyl/N-ethyl adjacent to an activating group) is 1. The summed E-state index contributed by atoms with van der Waals surface area (Å²) < 4.78 is 0. The Hall–Kier alpha value is -1.33. The SMILES string of the molecule is CCc1nc(CN(C)C(=O)[C@H]2CSc3ccccc32)cs1. The van der Waals surface area contributed by atoms with Crippen LogP contribution in [0.2, 0.25) is 0 Å². The Bertz CT molecular complexity index is 653. The summed E-state index contributed by atoms with van der Waals surface area (Å²) in [4.78, 5) is 20.3. The fourth-order valence-corrected chi connectivity index (χ4v) is 4.49. The van der Waals surface area contributed by atoms with Crippen molar-refractivity contribution in [3.63, 3.8) is 0 Å². The minimum Gasteiger partial charge on any atom is -0.339 e. The molecule has 1 aliphatic rings. The average Bonchev–Trinajstić information content (AvgIpc) is 3.12. The van der Waals surface area contributed by atoms with Crippen LogP contribution >= 0.6 is 23.1 Å². The van der Waals surface area contributed by atoms with Crippen molar-refractivity contribution in [3.8, 4) is 0 Å². The van der Waals surface area contributed by atoms with Crippen LogP contribution < -0.4 is 0 Å². The van der Waals surface area contributed by atoms with Gasteiger partial charge in [0.15, 0.2) is 0 Å². The molecule has 1 aromatic heterocycles. The number of thiazole rings is 1. The minimum atomic E-state index is -0.0134. The van der Waals surface area contributed by atoms with Crippen molar-refractivity contribution < 1.29 is 4.79 Å². The standard InChI is InChI=1S/C16H18N2OS2/c1-3-15-17-11(9-21-15)8-18(2)16(19)13-10-20-14-7-5-4-6-12(13)14/h4-7,9,13H,3,8,10H2,1-2H3/t13-/m0/s1. The van der Waals surface area contributed by atoms with Crippen molar-refractivity contribution in [1.29, 1.82) is 0 Å². The quantitative estimate of drug-likeness (QED) is 0.864. The van der Waals surface area contributed by atoms with E-state index in [2.05, 4.69) is 29.4 Å². The fourth-order valence-electron chi connectivity index (χ4n) is 2.54. The molecule has 0 spiro atoms. The number of nitrogens with zero attached hydrogens (tertiary/aromatic N) is 2. The number of hydrogen-bond acceptors (Lipinski definition) is 4.